The monoisotopic (exact) mass is 393 g/mol. The predicted molar refractivity (Wildman–Crippen MR) is 94.3 cm³/mol. The zero-order valence-electron chi connectivity index (χ0n) is 11.5. The van der Waals surface area contributed by atoms with Gasteiger partial charge in [-0.25, -0.2) is 4.98 Å². The summed E-state index contributed by atoms with van der Waals surface area (Å²) in [7, 11) is 0. The number of carbonyl (C=O) groups excluding carboxylic acids is 1. The average molecular weight is 394 g/mol. The number of thiazole rings is 1. The summed E-state index contributed by atoms with van der Waals surface area (Å²) < 4.78 is 7.41. The minimum absolute atomic E-state index is 0.229. The van der Waals surface area contributed by atoms with Crippen LogP contribution in [0.15, 0.2) is 57.9 Å². The molecule has 0 aliphatic heterocycles. The summed E-state index contributed by atoms with van der Waals surface area (Å²) in [6, 6.07) is 15.7. The van der Waals surface area contributed by atoms with Gasteiger partial charge in [-0.3, -0.25) is 4.79 Å². The Bertz CT molecular complexity index is 753. The molecule has 0 amide bonds. The highest BCUT2D eigenvalue weighted by atomic mass is 79.9. The van der Waals surface area contributed by atoms with E-state index in [1.807, 2.05) is 48.5 Å². The fourth-order valence-corrected chi connectivity index (χ4v) is 3.68. The zero-order valence-corrected chi connectivity index (χ0v) is 14.7. The molecule has 3 nitrogen and oxygen atoms in total. The van der Waals surface area contributed by atoms with E-state index in [9.17, 15) is 4.79 Å². The SMILES string of the molecule is O=C(CSc1ccc(Br)cc1)OCc1nc2ccccc2s1. The summed E-state index contributed by atoms with van der Waals surface area (Å²) in [5, 5.41) is 0.822. The third-order valence-corrected chi connectivity index (χ3v) is 5.39. The number of nitrogens with zero attached hydrogens (tertiary/aromatic N) is 1. The number of carbonyl (C=O) groups is 1. The normalized spacial score (nSPS) is 10.8. The number of esters is 1. The first-order valence-corrected chi connectivity index (χ1v) is 9.19. The number of benzene rings is 2. The van der Waals surface area contributed by atoms with Gasteiger partial charge in [0.15, 0.2) is 0 Å². The Labute approximate surface area is 144 Å². The third-order valence-electron chi connectivity index (χ3n) is 2.87. The van der Waals surface area contributed by atoms with Crippen molar-refractivity contribution in [1.82, 2.24) is 4.98 Å². The van der Waals surface area contributed by atoms with Crippen LogP contribution in [-0.2, 0) is 16.1 Å². The average Bonchev–Trinajstić information content (AvgIpc) is 2.95. The van der Waals surface area contributed by atoms with Crippen molar-refractivity contribution in [1.29, 1.82) is 0 Å². The molecule has 112 valence electrons. The molecule has 3 rings (SSSR count). The Morgan fingerprint density at radius 2 is 1.95 bits per heavy atom. The summed E-state index contributed by atoms with van der Waals surface area (Å²) in [5.74, 6) is 0.0687. The van der Waals surface area contributed by atoms with Crippen molar-refractivity contribution in [2.75, 3.05) is 5.75 Å². The zero-order chi connectivity index (χ0) is 15.4. The fourth-order valence-electron chi connectivity index (χ4n) is 1.84. The molecular weight excluding hydrogens is 382 g/mol. The number of aromatic nitrogens is 1. The van der Waals surface area contributed by atoms with Gasteiger partial charge in [0.25, 0.3) is 0 Å². The lowest BCUT2D eigenvalue weighted by Gasteiger charge is -2.03. The highest BCUT2D eigenvalue weighted by molar-refractivity contribution is 9.10. The van der Waals surface area contributed by atoms with E-state index in [1.165, 1.54) is 11.8 Å². The van der Waals surface area contributed by atoms with Crippen LogP contribution in [-0.4, -0.2) is 16.7 Å². The van der Waals surface area contributed by atoms with E-state index in [0.29, 0.717) is 5.75 Å². The van der Waals surface area contributed by atoms with Crippen LogP contribution in [0.4, 0.5) is 0 Å². The molecule has 0 aliphatic carbocycles. The second-order valence-electron chi connectivity index (χ2n) is 4.48. The van der Waals surface area contributed by atoms with Crippen molar-refractivity contribution in [2.45, 2.75) is 11.5 Å². The molecule has 0 N–H and O–H groups in total. The second-order valence-corrected chi connectivity index (χ2v) is 7.56. The van der Waals surface area contributed by atoms with E-state index in [2.05, 4.69) is 20.9 Å². The fraction of sp³-hybridized carbons (Fsp3) is 0.125. The van der Waals surface area contributed by atoms with Crippen LogP contribution in [0.3, 0.4) is 0 Å². The summed E-state index contributed by atoms with van der Waals surface area (Å²) in [5.41, 5.74) is 0.947. The van der Waals surface area contributed by atoms with Crippen LogP contribution < -0.4 is 0 Å². The first-order chi connectivity index (χ1) is 10.7. The molecule has 2 aromatic carbocycles. The van der Waals surface area contributed by atoms with Gasteiger partial charge in [0.2, 0.25) is 0 Å². The molecule has 0 aliphatic rings. The van der Waals surface area contributed by atoms with Gasteiger partial charge in [-0.05, 0) is 36.4 Å². The Hall–Kier alpha value is -1.37. The van der Waals surface area contributed by atoms with E-state index >= 15 is 0 Å². The molecule has 0 atom stereocenters. The minimum atomic E-state index is -0.229. The first kappa shape index (κ1) is 15.5. The van der Waals surface area contributed by atoms with Crippen LogP contribution >= 0.6 is 39.0 Å². The smallest absolute Gasteiger partial charge is 0.316 e. The Balaban J connectivity index is 1.50. The maximum Gasteiger partial charge on any atom is 0.316 e. The van der Waals surface area contributed by atoms with E-state index in [-0.39, 0.29) is 12.6 Å². The molecular formula is C16H12BrNO2S2. The molecule has 0 saturated heterocycles. The largest absolute Gasteiger partial charge is 0.458 e. The topological polar surface area (TPSA) is 39.2 Å². The Morgan fingerprint density at radius 1 is 1.18 bits per heavy atom. The van der Waals surface area contributed by atoms with E-state index in [0.717, 1.165) is 24.6 Å². The van der Waals surface area contributed by atoms with Gasteiger partial charge in [0.1, 0.15) is 11.6 Å². The van der Waals surface area contributed by atoms with Crippen molar-refractivity contribution in [2.24, 2.45) is 0 Å². The number of para-hydroxylation sites is 1. The quantitative estimate of drug-likeness (QED) is 0.456. The number of hydrogen-bond donors (Lipinski definition) is 0. The second kappa shape index (κ2) is 7.26. The van der Waals surface area contributed by atoms with Gasteiger partial charge in [-0.1, -0.05) is 28.1 Å². The highest BCUT2D eigenvalue weighted by Crippen LogP contribution is 2.23. The van der Waals surface area contributed by atoms with Crippen LogP contribution in [0.2, 0.25) is 0 Å². The molecule has 0 fully saturated rings. The van der Waals surface area contributed by atoms with Crippen molar-refractivity contribution in [3.8, 4) is 0 Å². The first-order valence-electron chi connectivity index (χ1n) is 6.59. The number of fused-ring (bicyclic) bond motifs is 1. The number of rotatable bonds is 5. The predicted octanol–water partition coefficient (Wildman–Crippen LogP) is 4.89. The molecule has 1 aromatic heterocycles. The number of ether oxygens (including phenoxy) is 1. The van der Waals surface area contributed by atoms with Crippen LogP contribution in [0, 0.1) is 0 Å². The molecule has 1 heterocycles. The minimum Gasteiger partial charge on any atom is -0.458 e. The number of hydrogen-bond acceptors (Lipinski definition) is 5. The summed E-state index contributed by atoms with van der Waals surface area (Å²) in [6.45, 7) is 0.235. The highest BCUT2D eigenvalue weighted by Gasteiger charge is 2.08. The van der Waals surface area contributed by atoms with Gasteiger partial charge in [0, 0.05) is 9.37 Å². The molecule has 0 spiro atoms. The molecule has 0 unspecified atom stereocenters. The Kier molecular flexibility index (Phi) is 5.12. The van der Waals surface area contributed by atoms with Gasteiger partial charge in [0.05, 0.1) is 16.0 Å². The molecule has 6 heteroatoms. The standard InChI is InChI=1S/C16H12BrNO2S2/c17-11-5-7-12(8-6-11)21-10-16(19)20-9-15-18-13-3-1-2-4-14(13)22-15/h1-8H,9-10H2. The van der Waals surface area contributed by atoms with Gasteiger partial charge < -0.3 is 4.74 Å². The van der Waals surface area contributed by atoms with Crippen molar-refractivity contribution in [3.63, 3.8) is 0 Å². The molecule has 0 saturated carbocycles. The molecule has 0 radical (unpaired) electrons. The van der Waals surface area contributed by atoms with Gasteiger partial charge >= 0.3 is 5.97 Å². The van der Waals surface area contributed by atoms with Crippen LogP contribution in [0.25, 0.3) is 10.2 Å². The molecule has 3 aromatic rings. The maximum absolute atomic E-state index is 11.8. The molecule has 0 bridgehead atoms. The van der Waals surface area contributed by atoms with Crippen molar-refractivity contribution < 1.29 is 9.53 Å². The van der Waals surface area contributed by atoms with Crippen LogP contribution in [0.1, 0.15) is 5.01 Å². The number of thioether (sulfide) groups is 1. The third kappa shape index (κ3) is 4.09. The lowest BCUT2D eigenvalue weighted by atomic mass is 10.3. The van der Waals surface area contributed by atoms with Crippen molar-refractivity contribution in [3.05, 3.63) is 58.0 Å². The summed E-state index contributed by atoms with van der Waals surface area (Å²) in [6.07, 6.45) is 0. The summed E-state index contributed by atoms with van der Waals surface area (Å²) in [4.78, 5) is 17.3. The Morgan fingerprint density at radius 3 is 2.73 bits per heavy atom. The maximum atomic E-state index is 11.8. The van der Waals surface area contributed by atoms with Crippen molar-refractivity contribution >= 4 is 55.2 Å². The van der Waals surface area contributed by atoms with Gasteiger partial charge in [-0.2, -0.15) is 0 Å². The summed E-state index contributed by atoms with van der Waals surface area (Å²) >= 11 is 6.40. The molecule has 22 heavy (non-hydrogen) atoms. The van der Waals surface area contributed by atoms with E-state index in [4.69, 9.17) is 4.74 Å². The van der Waals surface area contributed by atoms with Crippen LogP contribution in [0.5, 0.6) is 0 Å². The van der Waals surface area contributed by atoms with Gasteiger partial charge in [-0.15, -0.1) is 23.1 Å². The number of halogens is 1. The lowest BCUT2D eigenvalue weighted by molar-refractivity contribution is -0.141. The van der Waals surface area contributed by atoms with E-state index < -0.39 is 0 Å². The lowest BCUT2D eigenvalue weighted by Crippen LogP contribution is -2.07. The van der Waals surface area contributed by atoms with E-state index in [1.54, 1.807) is 11.3 Å².